The van der Waals surface area contributed by atoms with Crippen LogP contribution in [-0.2, 0) is 5.41 Å². The summed E-state index contributed by atoms with van der Waals surface area (Å²) >= 11 is 0. The molecule has 1 atom stereocenters. The maximum Gasteiger partial charge on any atom is 0.317 e. The monoisotopic (exact) mass is 315 g/mol. The SMILES string of the molecule is CC(C)CNC(=O)N1CCN2CC(C)(C)c3ccccc3C2C1. The molecule has 3 rings (SSSR count). The van der Waals surface area contributed by atoms with Crippen molar-refractivity contribution in [2.24, 2.45) is 5.92 Å². The van der Waals surface area contributed by atoms with Gasteiger partial charge in [-0.2, -0.15) is 0 Å². The van der Waals surface area contributed by atoms with Gasteiger partial charge in [0.05, 0.1) is 6.04 Å². The van der Waals surface area contributed by atoms with E-state index in [1.54, 1.807) is 0 Å². The van der Waals surface area contributed by atoms with Gasteiger partial charge in [-0.25, -0.2) is 4.79 Å². The molecule has 2 heterocycles. The topological polar surface area (TPSA) is 35.6 Å². The van der Waals surface area contributed by atoms with Crippen LogP contribution in [0.1, 0.15) is 44.9 Å². The summed E-state index contributed by atoms with van der Waals surface area (Å²) < 4.78 is 0. The number of carbonyl (C=O) groups is 1. The van der Waals surface area contributed by atoms with E-state index in [1.807, 2.05) is 4.90 Å². The zero-order chi connectivity index (χ0) is 16.6. The molecule has 1 aromatic carbocycles. The highest BCUT2D eigenvalue weighted by molar-refractivity contribution is 5.74. The largest absolute Gasteiger partial charge is 0.338 e. The summed E-state index contributed by atoms with van der Waals surface area (Å²) in [4.78, 5) is 16.9. The average molecular weight is 315 g/mol. The van der Waals surface area contributed by atoms with Crippen molar-refractivity contribution >= 4 is 6.03 Å². The maximum atomic E-state index is 12.4. The summed E-state index contributed by atoms with van der Waals surface area (Å²) in [5.74, 6) is 0.483. The van der Waals surface area contributed by atoms with Crippen LogP contribution in [0.2, 0.25) is 0 Å². The van der Waals surface area contributed by atoms with Crippen molar-refractivity contribution in [2.75, 3.05) is 32.7 Å². The number of amides is 2. The molecule has 4 heteroatoms. The molecule has 23 heavy (non-hydrogen) atoms. The van der Waals surface area contributed by atoms with Crippen LogP contribution in [0.15, 0.2) is 24.3 Å². The molecule has 2 aliphatic rings. The van der Waals surface area contributed by atoms with Gasteiger partial charge in [-0.15, -0.1) is 0 Å². The van der Waals surface area contributed by atoms with Crippen molar-refractivity contribution in [2.45, 2.75) is 39.2 Å². The highest BCUT2D eigenvalue weighted by Crippen LogP contribution is 2.40. The van der Waals surface area contributed by atoms with Crippen LogP contribution in [0.3, 0.4) is 0 Å². The molecule has 0 aromatic heterocycles. The summed E-state index contributed by atoms with van der Waals surface area (Å²) in [6.07, 6.45) is 0. The smallest absolute Gasteiger partial charge is 0.317 e. The molecule has 1 aromatic rings. The normalized spacial score (nSPS) is 23.3. The Morgan fingerprint density at radius 2 is 2.04 bits per heavy atom. The third kappa shape index (κ3) is 3.23. The molecule has 126 valence electrons. The second-order valence-corrected chi connectivity index (χ2v) is 7.98. The molecule has 1 saturated heterocycles. The molecular formula is C19H29N3O. The van der Waals surface area contributed by atoms with E-state index < -0.39 is 0 Å². The predicted octanol–water partition coefficient (Wildman–Crippen LogP) is 3.00. The van der Waals surface area contributed by atoms with Crippen molar-refractivity contribution in [3.8, 4) is 0 Å². The lowest BCUT2D eigenvalue weighted by atomic mass is 9.75. The number of piperazine rings is 1. The molecule has 0 spiro atoms. The Balaban J connectivity index is 1.78. The quantitative estimate of drug-likeness (QED) is 0.910. The van der Waals surface area contributed by atoms with Crippen molar-refractivity contribution in [3.05, 3.63) is 35.4 Å². The van der Waals surface area contributed by atoms with E-state index in [-0.39, 0.29) is 11.4 Å². The molecule has 2 amide bonds. The van der Waals surface area contributed by atoms with Crippen LogP contribution >= 0.6 is 0 Å². The first-order valence-electron chi connectivity index (χ1n) is 8.75. The fraction of sp³-hybridized carbons (Fsp3) is 0.632. The first kappa shape index (κ1) is 16.3. The number of benzene rings is 1. The molecule has 4 nitrogen and oxygen atoms in total. The molecule has 0 aliphatic carbocycles. The molecule has 0 radical (unpaired) electrons. The van der Waals surface area contributed by atoms with E-state index in [1.165, 1.54) is 11.1 Å². The van der Waals surface area contributed by atoms with Gasteiger partial charge >= 0.3 is 6.03 Å². The van der Waals surface area contributed by atoms with E-state index in [9.17, 15) is 4.79 Å². The second-order valence-electron chi connectivity index (χ2n) is 7.98. The van der Waals surface area contributed by atoms with E-state index in [0.29, 0.717) is 12.0 Å². The van der Waals surface area contributed by atoms with Crippen molar-refractivity contribution < 1.29 is 4.79 Å². The van der Waals surface area contributed by atoms with Crippen molar-refractivity contribution in [3.63, 3.8) is 0 Å². The number of urea groups is 1. The van der Waals surface area contributed by atoms with Gasteiger partial charge in [0.2, 0.25) is 0 Å². The molecule has 0 bridgehead atoms. The summed E-state index contributed by atoms with van der Waals surface area (Å²) in [5.41, 5.74) is 3.01. The van der Waals surface area contributed by atoms with Crippen molar-refractivity contribution in [1.29, 1.82) is 0 Å². The average Bonchev–Trinajstić information content (AvgIpc) is 2.52. The van der Waals surface area contributed by atoms with Gasteiger partial charge < -0.3 is 10.2 Å². The highest BCUT2D eigenvalue weighted by Gasteiger charge is 2.40. The summed E-state index contributed by atoms with van der Waals surface area (Å²) in [6, 6.07) is 9.16. The van der Waals surface area contributed by atoms with Crippen molar-refractivity contribution in [1.82, 2.24) is 15.1 Å². The van der Waals surface area contributed by atoms with Crippen LogP contribution in [0.25, 0.3) is 0 Å². The third-order valence-corrected chi connectivity index (χ3v) is 5.09. The van der Waals surface area contributed by atoms with E-state index in [4.69, 9.17) is 0 Å². The lowest BCUT2D eigenvalue weighted by Crippen LogP contribution is -2.57. The number of nitrogens with zero attached hydrogens (tertiary/aromatic N) is 2. The van der Waals surface area contributed by atoms with Gasteiger partial charge in [-0.05, 0) is 17.0 Å². The first-order chi connectivity index (χ1) is 10.9. The lowest BCUT2D eigenvalue weighted by molar-refractivity contribution is 0.0611. The van der Waals surface area contributed by atoms with E-state index in [0.717, 1.165) is 32.7 Å². The van der Waals surface area contributed by atoms with Gasteiger partial charge in [0.1, 0.15) is 0 Å². The van der Waals surface area contributed by atoms with E-state index >= 15 is 0 Å². The Labute approximate surface area is 139 Å². The van der Waals surface area contributed by atoms with Gasteiger partial charge in [-0.3, -0.25) is 4.90 Å². The Morgan fingerprint density at radius 1 is 1.30 bits per heavy atom. The Hall–Kier alpha value is -1.55. The number of carbonyl (C=O) groups excluding carboxylic acids is 1. The number of hydrogen-bond donors (Lipinski definition) is 1. The Bertz CT molecular complexity index is 582. The highest BCUT2D eigenvalue weighted by atomic mass is 16.2. The summed E-state index contributed by atoms with van der Waals surface area (Å²) in [6.45, 7) is 13.3. The number of rotatable bonds is 2. The fourth-order valence-electron chi connectivity index (χ4n) is 3.89. The Kier molecular flexibility index (Phi) is 4.37. The third-order valence-electron chi connectivity index (χ3n) is 5.09. The van der Waals surface area contributed by atoms with Crippen LogP contribution in [0.4, 0.5) is 4.79 Å². The Morgan fingerprint density at radius 3 is 2.78 bits per heavy atom. The van der Waals surface area contributed by atoms with Crippen LogP contribution in [0.5, 0.6) is 0 Å². The standard InChI is InChI=1S/C19H29N3O/c1-14(2)11-20-18(23)21-9-10-22-13-19(3,4)16-8-6-5-7-15(16)17(22)12-21/h5-8,14,17H,9-13H2,1-4H3,(H,20,23). The zero-order valence-electron chi connectivity index (χ0n) is 14.8. The van der Waals surface area contributed by atoms with Gasteiger partial charge in [0.25, 0.3) is 0 Å². The molecule has 1 fully saturated rings. The maximum absolute atomic E-state index is 12.4. The molecule has 1 N–H and O–H groups in total. The molecule has 2 aliphatic heterocycles. The molecular weight excluding hydrogens is 286 g/mol. The molecule has 1 unspecified atom stereocenters. The van der Waals surface area contributed by atoms with E-state index in [2.05, 4.69) is 62.2 Å². The van der Waals surface area contributed by atoms with Gasteiger partial charge in [-0.1, -0.05) is 52.0 Å². The summed E-state index contributed by atoms with van der Waals surface area (Å²) in [5, 5.41) is 3.06. The lowest BCUT2D eigenvalue weighted by Gasteiger charge is -2.49. The minimum Gasteiger partial charge on any atom is -0.338 e. The fourth-order valence-corrected chi connectivity index (χ4v) is 3.89. The minimum absolute atomic E-state index is 0.0839. The zero-order valence-corrected chi connectivity index (χ0v) is 14.8. The molecule has 0 saturated carbocycles. The minimum atomic E-state index is 0.0839. The predicted molar refractivity (Wildman–Crippen MR) is 93.6 cm³/mol. The van der Waals surface area contributed by atoms with Crippen LogP contribution < -0.4 is 5.32 Å². The van der Waals surface area contributed by atoms with Gasteiger partial charge in [0, 0.05) is 38.1 Å². The number of nitrogens with one attached hydrogen (secondary N) is 1. The van der Waals surface area contributed by atoms with Gasteiger partial charge in [0.15, 0.2) is 0 Å². The first-order valence-corrected chi connectivity index (χ1v) is 8.75. The van der Waals surface area contributed by atoms with Crippen LogP contribution in [-0.4, -0.2) is 48.6 Å². The second kappa shape index (κ2) is 6.16. The van der Waals surface area contributed by atoms with Crippen LogP contribution in [0, 0.1) is 5.92 Å². The number of hydrogen-bond acceptors (Lipinski definition) is 2. The number of fused-ring (bicyclic) bond motifs is 3. The summed E-state index contributed by atoms with van der Waals surface area (Å²) in [7, 11) is 0.